The first-order chi connectivity index (χ1) is 4.84. The standard InChI is InChI=1S/C8H14N2/c1-3-4-5-10-7-9-6-8(10)2/h6-7H,3-5H2,1-2H3/p+1. The molecule has 1 aromatic rings. The summed E-state index contributed by atoms with van der Waals surface area (Å²) in [5.74, 6) is 0. The minimum absolute atomic E-state index is 1.14. The number of aromatic nitrogens is 2. The van der Waals surface area contributed by atoms with E-state index in [1.54, 1.807) is 0 Å². The summed E-state index contributed by atoms with van der Waals surface area (Å²) < 4.78 is 2.24. The molecule has 2 heteroatoms. The van der Waals surface area contributed by atoms with Crippen molar-refractivity contribution in [2.45, 2.75) is 33.2 Å². The predicted molar refractivity (Wildman–Crippen MR) is 40.6 cm³/mol. The van der Waals surface area contributed by atoms with Gasteiger partial charge in [-0.15, -0.1) is 0 Å². The molecule has 0 aliphatic rings. The second-order valence-electron chi connectivity index (χ2n) is 2.63. The fourth-order valence-electron chi connectivity index (χ4n) is 1.00. The molecule has 0 saturated carbocycles. The summed E-state index contributed by atoms with van der Waals surface area (Å²) in [7, 11) is 0. The molecule has 0 aromatic carbocycles. The van der Waals surface area contributed by atoms with Crippen molar-refractivity contribution >= 4 is 0 Å². The number of rotatable bonds is 3. The van der Waals surface area contributed by atoms with Crippen LogP contribution in [-0.4, -0.2) is 4.98 Å². The summed E-state index contributed by atoms with van der Waals surface area (Å²) >= 11 is 0. The monoisotopic (exact) mass is 139 g/mol. The van der Waals surface area contributed by atoms with Crippen LogP contribution in [0.2, 0.25) is 0 Å². The average Bonchev–Trinajstić information content (AvgIpc) is 2.31. The van der Waals surface area contributed by atoms with Gasteiger partial charge in [0.2, 0.25) is 6.33 Å². The molecule has 0 aliphatic heterocycles. The third-order valence-electron chi connectivity index (χ3n) is 1.73. The van der Waals surface area contributed by atoms with Gasteiger partial charge in [-0.1, -0.05) is 13.3 Å². The van der Waals surface area contributed by atoms with E-state index in [4.69, 9.17) is 0 Å². The SMILES string of the molecule is CCCC[n+]1c[nH]cc1C. The zero-order chi connectivity index (χ0) is 7.40. The Labute approximate surface area is 61.9 Å². The summed E-state index contributed by atoms with van der Waals surface area (Å²) in [6.45, 7) is 5.47. The van der Waals surface area contributed by atoms with Crippen LogP contribution in [0.15, 0.2) is 12.5 Å². The topological polar surface area (TPSA) is 19.7 Å². The Kier molecular flexibility index (Phi) is 2.49. The molecule has 0 saturated heterocycles. The maximum Gasteiger partial charge on any atom is 0.241 e. The molecule has 0 atom stereocenters. The van der Waals surface area contributed by atoms with Crippen LogP contribution in [0.1, 0.15) is 25.5 Å². The van der Waals surface area contributed by atoms with Crippen LogP contribution in [0.4, 0.5) is 0 Å². The number of aryl methyl sites for hydroxylation is 2. The van der Waals surface area contributed by atoms with Crippen molar-refractivity contribution < 1.29 is 4.57 Å². The highest BCUT2D eigenvalue weighted by Crippen LogP contribution is 1.88. The molecule has 56 valence electrons. The van der Waals surface area contributed by atoms with Gasteiger partial charge in [0.05, 0.1) is 6.54 Å². The van der Waals surface area contributed by atoms with Gasteiger partial charge in [0, 0.05) is 6.92 Å². The Morgan fingerprint density at radius 3 is 2.90 bits per heavy atom. The number of H-pyrrole nitrogens is 1. The molecule has 0 aliphatic carbocycles. The molecule has 1 N–H and O–H groups in total. The molecule has 0 spiro atoms. The van der Waals surface area contributed by atoms with Crippen molar-refractivity contribution in [2.24, 2.45) is 0 Å². The molecule has 1 heterocycles. The van der Waals surface area contributed by atoms with E-state index < -0.39 is 0 Å². The van der Waals surface area contributed by atoms with Crippen LogP contribution in [-0.2, 0) is 6.54 Å². The van der Waals surface area contributed by atoms with Crippen molar-refractivity contribution in [2.75, 3.05) is 0 Å². The largest absolute Gasteiger partial charge is 0.250 e. The fraction of sp³-hybridized carbons (Fsp3) is 0.625. The van der Waals surface area contributed by atoms with Crippen LogP contribution in [0.25, 0.3) is 0 Å². The van der Waals surface area contributed by atoms with E-state index >= 15 is 0 Å². The Morgan fingerprint density at radius 2 is 2.40 bits per heavy atom. The highest BCUT2D eigenvalue weighted by Gasteiger charge is 2.00. The van der Waals surface area contributed by atoms with Gasteiger partial charge in [-0.05, 0) is 6.42 Å². The quantitative estimate of drug-likeness (QED) is 0.611. The second kappa shape index (κ2) is 3.40. The molecule has 1 rings (SSSR count). The van der Waals surface area contributed by atoms with Crippen LogP contribution in [0, 0.1) is 6.92 Å². The number of unbranched alkanes of at least 4 members (excludes halogenated alkanes) is 1. The summed E-state index contributed by atoms with van der Waals surface area (Å²) in [6, 6.07) is 0. The molecule has 0 bridgehead atoms. The Hall–Kier alpha value is -0.790. The van der Waals surface area contributed by atoms with Crippen LogP contribution in [0.3, 0.4) is 0 Å². The summed E-state index contributed by atoms with van der Waals surface area (Å²) in [6.07, 6.45) is 6.57. The van der Waals surface area contributed by atoms with Gasteiger partial charge >= 0.3 is 0 Å². The third-order valence-corrected chi connectivity index (χ3v) is 1.73. The van der Waals surface area contributed by atoms with Crippen molar-refractivity contribution in [3.63, 3.8) is 0 Å². The molecule has 0 radical (unpaired) electrons. The molecular formula is C8H15N2+. The smallest absolute Gasteiger partial charge is 0.241 e. The summed E-state index contributed by atoms with van der Waals surface area (Å²) in [5.41, 5.74) is 1.31. The minimum Gasteiger partial charge on any atom is -0.250 e. The number of hydrogen-bond donors (Lipinski definition) is 1. The zero-order valence-electron chi connectivity index (χ0n) is 6.72. The van der Waals surface area contributed by atoms with E-state index in [2.05, 4.69) is 23.4 Å². The number of hydrogen-bond acceptors (Lipinski definition) is 0. The lowest BCUT2D eigenvalue weighted by Gasteiger charge is -1.94. The van der Waals surface area contributed by atoms with Gasteiger partial charge in [-0.25, -0.2) is 9.55 Å². The zero-order valence-corrected chi connectivity index (χ0v) is 6.72. The normalized spacial score (nSPS) is 10.2. The Bertz CT molecular complexity index is 191. The Morgan fingerprint density at radius 1 is 1.60 bits per heavy atom. The summed E-state index contributed by atoms with van der Waals surface area (Å²) in [5, 5.41) is 0. The van der Waals surface area contributed by atoms with Gasteiger partial charge in [0.25, 0.3) is 0 Å². The van der Waals surface area contributed by atoms with E-state index in [0.29, 0.717) is 0 Å². The maximum absolute atomic E-state index is 3.07. The van der Waals surface area contributed by atoms with E-state index in [0.717, 1.165) is 6.54 Å². The van der Waals surface area contributed by atoms with Gasteiger partial charge in [-0.2, -0.15) is 0 Å². The minimum atomic E-state index is 1.14. The predicted octanol–water partition coefficient (Wildman–Crippen LogP) is 1.41. The number of nitrogens with one attached hydrogen (secondary N) is 1. The second-order valence-corrected chi connectivity index (χ2v) is 2.63. The first kappa shape index (κ1) is 7.32. The molecule has 10 heavy (non-hydrogen) atoms. The van der Waals surface area contributed by atoms with Crippen molar-refractivity contribution in [1.82, 2.24) is 4.98 Å². The molecular weight excluding hydrogens is 124 g/mol. The lowest BCUT2D eigenvalue weighted by Crippen LogP contribution is -2.33. The molecule has 0 fully saturated rings. The van der Waals surface area contributed by atoms with E-state index in [-0.39, 0.29) is 0 Å². The average molecular weight is 139 g/mol. The number of nitrogens with zero attached hydrogens (tertiary/aromatic N) is 1. The van der Waals surface area contributed by atoms with Gasteiger partial charge in [0.1, 0.15) is 11.9 Å². The lowest BCUT2D eigenvalue weighted by molar-refractivity contribution is -0.701. The molecule has 2 nitrogen and oxygen atoms in total. The van der Waals surface area contributed by atoms with Crippen LogP contribution < -0.4 is 4.57 Å². The number of aromatic amines is 1. The Balaban J connectivity index is 2.49. The number of imidazole rings is 1. The van der Waals surface area contributed by atoms with Crippen molar-refractivity contribution in [1.29, 1.82) is 0 Å². The van der Waals surface area contributed by atoms with Crippen LogP contribution >= 0.6 is 0 Å². The van der Waals surface area contributed by atoms with E-state index in [1.165, 1.54) is 18.5 Å². The van der Waals surface area contributed by atoms with Crippen molar-refractivity contribution in [3.8, 4) is 0 Å². The highest BCUT2D eigenvalue weighted by molar-refractivity contribution is 4.79. The molecule has 0 amide bonds. The highest BCUT2D eigenvalue weighted by atomic mass is 15.0. The maximum atomic E-state index is 3.07. The lowest BCUT2D eigenvalue weighted by atomic mass is 10.3. The van der Waals surface area contributed by atoms with Crippen molar-refractivity contribution in [3.05, 3.63) is 18.2 Å². The first-order valence-electron chi connectivity index (χ1n) is 3.87. The third kappa shape index (κ3) is 1.59. The van der Waals surface area contributed by atoms with Gasteiger partial charge < -0.3 is 0 Å². The van der Waals surface area contributed by atoms with Gasteiger partial charge in [0.15, 0.2) is 0 Å². The first-order valence-corrected chi connectivity index (χ1v) is 3.87. The van der Waals surface area contributed by atoms with E-state index in [9.17, 15) is 0 Å². The van der Waals surface area contributed by atoms with Gasteiger partial charge in [-0.3, -0.25) is 0 Å². The van der Waals surface area contributed by atoms with Crippen LogP contribution in [0.5, 0.6) is 0 Å². The fourth-order valence-corrected chi connectivity index (χ4v) is 1.00. The molecule has 1 aromatic heterocycles. The van der Waals surface area contributed by atoms with E-state index in [1.807, 2.05) is 12.5 Å². The summed E-state index contributed by atoms with van der Waals surface area (Å²) in [4.78, 5) is 3.07. The molecule has 0 unspecified atom stereocenters.